The summed E-state index contributed by atoms with van der Waals surface area (Å²) in [5.74, 6) is -0.160. The minimum absolute atomic E-state index is 0.0135. The number of phosphoric acid groups is 1. The van der Waals surface area contributed by atoms with Crippen LogP contribution in [0.15, 0.2) is 48.6 Å². The number of unbranched alkanes of at least 4 members (excludes halogenated alkanes) is 36. The Balaban J connectivity index is 4.00. The number of quaternary nitrogens is 1. The molecule has 0 aromatic rings. The smallest absolute Gasteiger partial charge is 0.268 e. The highest BCUT2D eigenvalue weighted by molar-refractivity contribution is 7.45. The lowest BCUT2D eigenvalue weighted by molar-refractivity contribution is -0.870. The normalized spacial score (nSPS) is 14.2. The molecule has 0 aromatic heterocycles. The average Bonchev–Trinajstić information content (AvgIpc) is 3.34. The van der Waals surface area contributed by atoms with E-state index in [-0.39, 0.29) is 19.1 Å². The van der Waals surface area contributed by atoms with Crippen LogP contribution < -0.4 is 10.2 Å². The summed E-state index contributed by atoms with van der Waals surface area (Å²) in [5.41, 5.74) is 0. The third kappa shape index (κ3) is 56.2. The van der Waals surface area contributed by atoms with Gasteiger partial charge in [0.15, 0.2) is 0 Å². The van der Waals surface area contributed by atoms with Gasteiger partial charge in [0.2, 0.25) is 5.91 Å². The number of likely N-dealkylation sites (N-methyl/N-ethyl adjacent to an activating group) is 1. The molecule has 0 fully saturated rings. The van der Waals surface area contributed by atoms with Crippen LogP contribution >= 0.6 is 7.82 Å². The summed E-state index contributed by atoms with van der Waals surface area (Å²) in [6, 6.07) is -0.800. The van der Waals surface area contributed by atoms with Crippen LogP contribution in [0.4, 0.5) is 0 Å². The lowest BCUT2D eigenvalue weighted by Crippen LogP contribution is -2.46. The summed E-state index contributed by atoms with van der Waals surface area (Å²) in [6.45, 7) is 4.64. The molecule has 3 atom stereocenters. The van der Waals surface area contributed by atoms with Crippen molar-refractivity contribution in [3.05, 3.63) is 48.6 Å². The van der Waals surface area contributed by atoms with Gasteiger partial charge < -0.3 is 28.8 Å². The van der Waals surface area contributed by atoms with E-state index < -0.39 is 20.0 Å². The number of nitrogens with one attached hydrogen (secondary N) is 1. The van der Waals surface area contributed by atoms with Crippen LogP contribution in [0.2, 0.25) is 0 Å². The van der Waals surface area contributed by atoms with Gasteiger partial charge in [0.25, 0.3) is 7.82 Å². The summed E-state index contributed by atoms with van der Waals surface area (Å²) in [7, 11) is 1.32. The van der Waals surface area contributed by atoms with Crippen LogP contribution in [0.5, 0.6) is 0 Å². The number of phosphoric ester groups is 1. The van der Waals surface area contributed by atoms with Crippen LogP contribution in [0.25, 0.3) is 0 Å². The second-order valence-corrected chi connectivity index (χ2v) is 23.8. The Bertz CT molecular complexity index is 1310. The van der Waals surface area contributed by atoms with Crippen molar-refractivity contribution in [2.75, 3.05) is 40.9 Å². The Morgan fingerprint density at radius 3 is 1.24 bits per heavy atom. The first-order valence-corrected chi connectivity index (χ1v) is 32.4. The summed E-state index contributed by atoms with van der Waals surface area (Å²) in [5, 5.41) is 14.0. The molecule has 0 aliphatic heterocycles. The standard InChI is InChI=1S/C63H121N2O6P/c1-6-8-10-12-14-16-18-20-22-24-25-26-27-28-29-30-31-32-33-34-35-36-37-38-39-41-43-45-47-49-51-53-55-57-63(67)64-61(60-71-72(68,69)70-59-58-65(3,4)5)62(66)56-54-52-50-48-46-44-42-40-23-21-19-17-15-13-11-9-7-2/h8,10,14,16,20,22,25-26,61-62,66H,6-7,9,11-13,15,17-19,21,23-24,27-60H2,1-5H3,(H-,64,67,68,69)/b10-8-,16-14-,22-20-,26-25-. The van der Waals surface area contributed by atoms with Gasteiger partial charge in [-0.2, -0.15) is 0 Å². The molecule has 2 N–H and O–H groups in total. The van der Waals surface area contributed by atoms with Gasteiger partial charge in [-0.3, -0.25) is 9.36 Å². The van der Waals surface area contributed by atoms with E-state index in [0.717, 1.165) is 64.2 Å². The summed E-state index contributed by atoms with van der Waals surface area (Å²) < 4.78 is 23.4. The Morgan fingerprint density at radius 1 is 0.500 bits per heavy atom. The molecule has 0 saturated heterocycles. The van der Waals surface area contributed by atoms with E-state index in [1.807, 2.05) is 21.1 Å². The fourth-order valence-corrected chi connectivity index (χ4v) is 9.99. The maximum Gasteiger partial charge on any atom is 0.268 e. The van der Waals surface area contributed by atoms with Gasteiger partial charge in [0, 0.05) is 6.42 Å². The van der Waals surface area contributed by atoms with E-state index in [0.29, 0.717) is 23.9 Å². The number of carbonyl (C=O) groups excluding carboxylic acids is 1. The molecule has 0 heterocycles. The Labute approximate surface area is 448 Å². The second-order valence-electron chi connectivity index (χ2n) is 22.4. The lowest BCUT2D eigenvalue weighted by Gasteiger charge is -2.30. The topological polar surface area (TPSA) is 108 Å². The first kappa shape index (κ1) is 70.5. The van der Waals surface area contributed by atoms with Crippen LogP contribution in [-0.2, 0) is 18.4 Å². The largest absolute Gasteiger partial charge is 0.756 e. The number of allylic oxidation sites excluding steroid dienone is 8. The lowest BCUT2D eigenvalue weighted by atomic mass is 10.0. The van der Waals surface area contributed by atoms with Gasteiger partial charge in [0.05, 0.1) is 39.9 Å². The highest BCUT2D eigenvalue weighted by Gasteiger charge is 2.24. The highest BCUT2D eigenvalue weighted by Crippen LogP contribution is 2.38. The van der Waals surface area contributed by atoms with Crippen LogP contribution in [-0.4, -0.2) is 68.5 Å². The second kappa shape index (κ2) is 54.3. The highest BCUT2D eigenvalue weighted by atomic mass is 31.2. The zero-order chi connectivity index (χ0) is 52.7. The molecule has 0 saturated carbocycles. The number of hydrogen-bond donors (Lipinski definition) is 2. The Hall–Kier alpha value is -1.54. The zero-order valence-electron chi connectivity index (χ0n) is 48.4. The van der Waals surface area contributed by atoms with E-state index in [2.05, 4.69) is 67.8 Å². The quantitative estimate of drug-likeness (QED) is 0.0272. The van der Waals surface area contributed by atoms with Crippen LogP contribution in [0.1, 0.15) is 296 Å². The van der Waals surface area contributed by atoms with E-state index in [1.54, 1.807) is 0 Å². The molecule has 0 aromatic carbocycles. The fraction of sp³-hybridized carbons (Fsp3) is 0.857. The van der Waals surface area contributed by atoms with Crippen LogP contribution in [0, 0.1) is 0 Å². The first-order valence-electron chi connectivity index (χ1n) is 31.0. The van der Waals surface area contributed by atoms with Gasteiger partial charge in [0.1, 0.15) is 13.2 Å². The number of amides is 1. The number of hydrogen-bond acceptors (Lipinski definition) is 6. The van der Waals surface area contributed by atoms with Crippen molar-refractivity contribution in [3.8, 4) is 0 Å². The molecule has 0 spiro atoms. The molecule has 1 amide bonds. The van der Waals surface area contributed by atoms with Crippen molar-refractivity contribution >= 4 is 13.7 Å². The van der Waals surface area contributed by atoms with E-state index >= 15 is 0 Å². The number of aliphatic hydroxyl groups is 1. The molecule has 0 aliphatic rings. The zero-order valence-corrected chi connectivity index (χ0v) is 49.3. The Kier molecular flexibility index (Phi) is 53.1. The van der Waals surface area contributed by atoms with Gasteiger partial charge in [-0.1, -0.05) is 287 Å². The SMILES string of the molecule is CC/C=C\C/C=C\C/C=C\C/C=C\CCCCCCCCCCCCCCCCCCCCCCC(=O)NC(COP(=O)([O-])OCC[N+](C)(C)C)C(O)CCCCCCCCCCCCCCCCCCC. The molecule has 3 unspecified atom stereocenters. The minimum Gasteiger partial charge on any atom is -0.756 e. The molecule has 72 heavy (non-hydrogen) atoms. The molecule has 0 radical (unpaired) electrons. The predicted octanol–water partition coefficient (Wildman–Crippen LogP) is 18.5. The molecule has 0 aliphatic carbocycles. The van der Waals surface area contributed by atoms with Gasteiger partial charge in [-0.05, 0) is 51.4 Å². The van der Waals surface area contributed by atoms with E-state index in [4.69, 9.17) is 9.05 Å². The van der Waals surface area contributed by atoms with E-state index in [1.165, 1.54) is 205 Å². The molecule has 0 rings (SSSR count). The van der Waals surface area contributed by atoms with Crippen molar-refractivity contribution in [2.45, 2.75) is 309 Å². The summed E-state index contributed by atoms with van der Waals surface area (Å²) in [6.07, 6.45) is 71.6. The third-order valence-electron chi connectivity index (χ3n) is 14.1. The summed E-state index contributed by atoms with van der Waals surface area (Å²) >= 11 is 0. The molecule has 8 nitrogen and oxygen atoms in total. The first-order chi connectivity index (χ1) is 35.0. The van der Waals surface area contributed by atoms with E-state index in [9.17, 15) is 19.4 Å². The van der Waals surface area contributed by atoms with Crippen LogP contribution in [0.3, 0.4) is 0 Å². The number of aliphatic hydroxyl groups excluding tert-OH is 1. The average molecular weight is 1030 g/mol. The van der Waals surface area contributed by atoms with Gasteiger partial charge >= 0.3 is 0 Å². The molecule has 0 bridgehead atoms. The molecule has 9 heteroatoms. The number of carbonyl (C=O) groups is 1. The number of nitrogens with zero attached hydrogens (tertiary/aromatic N) is 1. The van der Waals surface area contributed by atoms with Crippen molar-refractivity contribution in [3.63, 3.8) is 0 Å². The maximum absolute atomic E-state index is 13.0. The van der Waals surface area contributed by atoms with Crippen molar-refractivity contribution in [1.82, 2.24) is 5.32 Å². The van der Waals surface area contributed by atoms with Gasteiger partial charge in [-0.25, -0.2) is 0 Å². The molecular weight excluding hydrogens is 912 g/mol. The number of rotatable bonds is 57. The molecule has 424 valence electrons. The fourth-order valence-electron chi connectivity index (χ4n) is 9.27. The maximum atomic E-state index is 13.0. The third-order valence-corrected chi connectivity index (χ3v) is 15.0. The Morgan fingerprint density at radius 2 is 0.847 bits per heavy atom. The monoisotopic (exact) mass is 1030 g/mol. The van der Waals surface area contributed by atoms with Crippen molar-refractivity contribution in [1.29, 1.82) is 0 Å². The van der Waals surface area contributed by atoms with Crippen molar-refractivity contribution < 1.29 is 32.9 Å². The van der Waals surface area contributed by atoms with Gasteiger partial charge in [-0.15, -0.1) is 0 Å². The minimum atomic E-state index is -4.57. The molecular formula is C63H121N2O6P. The van der Waals surface area contributed by atoms with Crippen molar-refractivity contribution in [2.24, 2.45) is 0 Å². The summed E-state index contributed by atoms with van der Waals surface area (Å²) in [4.78, 5) is 25.6. The predicted molar refractivity (Wildman–Crippen MR) is 311 cm³/mol.